The molecule has 0 N–H and O–H groups in total. The summed E-state index contributed by atoms with van der Waals surface area (Å²) in [4.78, 5) is 9.59. The third-order valence-corrected chi connectivity index (χ3v) is 3.86. The van der Waals surface area contributed by atoms with Crippen LogP contribution in [0.15, 0.2) is 12.1 Å². The van der Waals surface area contributed by atoms with E-state index in [0.29, 0.717) is 6.04 Å². The van der Waals surface area contributed by atoms with Crippen LogP contribution in [0.5, 0.6) is 0 Å². The highest BCUT2D eigenvalue weighted by molar-refractivity contribution is 5.53. The molecule has 2 heterocycles. The van der Waals surface area contributed by atoms with Crippen molar-refractivity contribution >= 4 is 5.69 Å². The first-order valence-corrected chi connectivity index (χ1v) is 7.78. The normalized spacial score (nSPS) is 20.1. The fraction of sp³-hybridized carbons (Fsp3) is 0.706. The van der Waals surface area contributed by atoms with E-state index in [9.17, 15) is 0 Å². The smallest absolute Gasteiger partial charge is 0.0780 e. The topological polar surface area (TPSA) is 28.6 Å². The summed E-state index contributed by atoms with van der Waals surface area (Å²) in [6, 6.07) is 4.83. The molecule has 0 radical (unpaired) electrons. The zero-order valence-corrected chi connectivity index (χ0v) is 14.3. The first kappa shape index (κ1) is 16.2. The monoisotopic (exact) mass is 291 g/mol. The Bertz CT molecular complexity index is 479. The van der Waals surface area contributed by atoms with Crippen LogP contribution in [0, 0.1) is 0 Å². The van der Waals surface area contributed by atoms with Gasteiger partial charge in [-0.2, -0.15) is 0 Å². The molecule has 21 heavy (non-hydrogen) atoms. The number of hydrogen-bond donors (Lipinski definition) is 0. The van der Waals surface area contributed by atoms with Gasteiger partial charge in [-0.05, 0) is 33.2 Å². The summed E-state index contributed by atoms with van der Waals surface area (Å²) < 4.78 is 5.56. The fourth-order valence-electron chi connectivity index (χ4n) is 2.67. The molecule has 0 spiro atoms. The molecule has 2 rings (SSSR count). The number of aromatic nitrogens is 1. The molecule has 4 nitrogen and oxygen atoms in total. The van der Waals surface area contributed by atoms with Crippen LogP contribution in [-0.2, 0) is 16.7 Å². The molecule has 1 fully saturated rings. The van der Waals surface area contributed by atoms with Crippen LogP contribution in [-0.4, -0.2) is 49.8 Å². The lowest BCUT2D eigenvalue weighted by molar-refractivity contribution is 0.0987. The second-order valence-electron chi connectivity index (χ2n) is 7.27. The van der Waals surface area contributed by atoms with Crippen molar-refractivity contribution < 1.29 is 4.74 Å². The molecule has 1 aromatic rings. The molecular formula is C17H29N3O. The average Bonchev–Trinajstić information content (AvgIpc) is 2.38. The van der Waals surface area contributed by atoms with E-state index in [0.717, 1.165) is 32.0 Å². The molecule has 4 heteroatoms. The maximum Gasteiger partial charge on any atom is 0.0780 e. The maximum atomic E-state index is 5.56. The Morgan fingerprint density at radius 1 is 1.33 bits per heavy atom. The highest BCUT2D eigenvalue weighted by Gasteiger charge is 2.24. The Kier molecular flexibility index (Phi) is 4.89. The quantitative estimate of drug-likeness (QED) is 0.856. The largest absolute Gasteiger partial charge is 0.377 e. The molecule has 0 bridgehead atoms. The average molecular weight is 291 g/mol. The van der Waals surface area contributed by atoms with Gasteiger partial charge in [-0.1, -0.05) is 20.8 Å². The maximum absolute atomic E-state index is 5.56. The van der Waals surface area contributed by atoms with E-state index in [1.165, 1.54) is 11.4 Å². The zero-order valence-electron chi connectivity index (χ0n) is 14.3. The number of ether oxygens (including phenoxy) is 1. The molecule has 0 saturated carbocycles. The van der Waals surface area contributed by atoms with E-state index in [1.807, 2.05) is 0 Å². The van der Waals surface area contributed by atoms with Gasteiger partial charge in [0.1, 0.15) is 0 Å². The van der Waals surface area contributed by atoms with Crippen molar-refractivity contribution in [2.24, 2.45) is 0 Å². The summed E-state index contributed by atoms with van der Waals surface area (Å²) in [7, 11) is 4.19. The summed E-state index contributed by atoms with van der Waals surface area (Å²) in [5.41, 5.74) is 3.66. The lowest BCUT2D eigenvalue weighted by Gasteiger charge is -2.37. The predicted molar refractivity (Wildman–Crippen MR) is 88.0 cm³/mol. The lowest BCUT2D eigenvalue weighted by atomic mass is 9.91. The second kappa shape index (κ2) is 6.32. The van der Waals surface area contributed by atoms with Gasteiger partial charge in [0.2, 0.25) is 0 Å². The molecule has 1 saturated heterocycles. The van der Waals surface area contributed by atoms with Gasteiger partial charge in [-0.15, -0.1) is 0 Å². The Labute approximate surface area is 129 Å². The molecule has 0 amide bonds. The van der Waals surface area contributed by atoms with Crippen molar-refractivity contribution in [2.45, 2.75) is 45.7 Å². The van der Waals surface area contributed by atoms with Gasteiger partial charge in [-0.25, -0.2) is 0 Å². The molecule has 0 aliphatic carbocycles. The third kappa shape index (κ3) is 3.95. The Morgan fingerprint density at radius 2 is 2.05 bits per heavy atom. The SMILES string of the molecule is C[C@@H]1COCCN1c1ccc(C(C)(C)C)nc1CN(C)C. The van der Waals surface area contributed by atoms with E-state index in [1.54, 1.807) is 0 Å². The van der Waals surface area contributed by atoms with Crippen molar-refractivity contribution in [1.29, 1.82) is 0 Å². The minimum Gasteiger partial charge on any atom is -0.377 e. The van der Waals surface area contributed by atoms with Crippen molar-refractivity contribution in [1.82, 2.24) is 9.88 Å². The Hall–Kier alpha value is -1.13. The minimum absolute atomic E-state index is 0.0796. The van der Waals surface area contributed by atoms with Crippen molar-refractivity contribution in [3.8, 4) is 0 Å². The van der Waals surface area contributed by atoms with Gasteiger partial charge in [0.25, 0.3) is 0 Å². The van der Waals surface area contributed by atoms with E-state index < -0.39 is 0 Å². The Morgan fingerprint density at radius 3 is 2.62 bits per heavy atom. The van der Waals surface area contributed by atoms with E-state index in [-0.39, 0.29) is 5.41 Å². The van der Waals surface area contributed by atoms with E-state index >= 15 is 0 Å². The van der Waals surface area contributed by atoms with Crippen LogP contribution < -0.4 is 4.90 Å². The molecule has 0 aromatic carbocycles. The molecule has 118 valence electrons. The van der Waals surface area contributed by atoms with Crippen LogP contribution in [0.2, 0.25) is 0 Å². The van der Waals surface area contributed by atoms with Crippen molar-refractivity contribution in [2.75, 3.05) is 38.8 Å². The molecule has 0 unspecified atom stereocenters. The highest BCUT2D eigenvalue weighted by atomic mass is 16.5. The zero-order chi connectivity index (χ0) is 15.6. The third-order valence-electron chi connectivity index (χ3n) is 3.86. The first-order chi connectivity index (χ1) is 9.79. The number of nitrogens with zero attached hydrogens (tertiary/aromatic N) is 3. The van der Waals surface area contributed by atoms with Crippen molar-refractivity contribution in [3.63, 3.8) is 0 Å². The van der Waals surface area contributed by atoms with Crippen LogP contribution in [0.3, 0.4) is 0 Å². The number of pyridine rings is 1. The van der Waals surface area contributed by atoms with Gasteiger partial charge >= 0.3 is 0 Å². The summed E-state index contributed by atoms with van der Waals surface area (Å²) >= 11 is 0. The van der Waals surface area contributed by atoms with Crippen LogP contribution in [0.4, 0.5) is 5.69 Å². The number of rotatable bonds is 3. The first-order valence-electron chi connectivity index (χ1n) is 7.78. The summed E-state index contributed by atoms with van der Waals surface area (Å²) in [5, 5.41) is 0. The number of anilines is 1. The summed E-state index contributed by atoms with van der Waals surface area (Å²) in [6.45, 7) is 12.3. The summed E-state index contributed by atoms with van der Waals surface area (Å²) in [5.74, 6) is 0. The van der Waals surface area contributed by atoms with Crippen LogP contribution in [0.25, 0.3) is 0 Å². The lowest BCUT2D eigenvalue weighted by Crippen LogP contribution is -2.44. The molecule has 1 aliphatic heterocycles. The van der Waals surface area contributed by atoms with E-state index in [2.05, 4.69) is 63.7 Å². The molecule has 1 atom stereocenters. The predicted octanol–water partition coefficient (Wildman–Crippen LogP) is 2.67. The van der Waals surface area contributed by atoms with Crippen LogP contribution in [0.1, 0.15) is 39.1 Å². The van der Waals surface area contributed by atoms with Crippen LogP contribution >= 0.6 is 0 Å². The molecule has 1 aliphatic rings. The Balaban J connectivity index is 2.39. The van der Waals surface area contributed by atoms with Gasteiger partial charge in [0, 0.05) is 30.2 Å². The minimum atomic E-state index is 0.0796. The highest BCUT2D eigenvalue weighted by Crippen LogP contribution is 2.28. The van der Waals surface area contributed by atoms with Gasteiger partial charge < -0.3 is 14.5 Å². The number of morpholine rings is 1. The number of hydrogen-bond acceptors (Lipinski definition) is 4. The van der Waals surface area contributed by atoms with Gasteiger partial charge in [0.15, 0.2) is 0 Å². The van der Waals surface area contributed by atoms with Crippen molar-refractivity contribution in [3.05, 3.63) is 23.5 Å². The molecular weight excluding hydrogens is 262 g/mol. The van der Waals surface area contributed by atoms with Gasteiger partial charge in [-0.3, -0.25) is 4.98 Å². The summed E-state index contributed by atoms with van der Waals surface area (Å²) in [6.07, 6.45) is 0. The van der Waals surface area contributed by atoms with Gasteiger partial charge in [0.05, 0.1) is 24.6 Å². The second-order valence-corrected chi connectivity index (χ2v) is 7.27. The standard InChI is InChI=1S/C17H29N3O/c1-13-12-21-10-9-20(13)15-7-8-16(17(2,3)4)18-14(15)11-19(5)6/h7-8,13H,9-12H2,1-6H3/t13-/m1/s1. The molecule has 1 aromatic heterocycles. The fourth-order valence-corrected chi connectivity index (χ4v) is 2.67. The van der Waals surface area contributed by atoms with E-state index in [4.69, 9.17) is 9.72 Å².